The molecule has 0 aromatic heterocycles. The third kappa shape index (κ3) is 2.64. The van der Waals surface area contributed by atoms with Gasteiger partial charge in [0, 0.05) is 0 Å². The van der Waals surface area contributed by atoms with Crippen molar-refractivity contribution in [3.63, 3.8) is 0 Å². The molecule has 0 amide bonds. The lowest BCUT2D eigenvalue weighted by atomic mass is 10.6. The van der Waals surface area contributed by atoms with Gasteiger partial charge in [-0.1, -0.05) is 0 Å². The van der Waals surface area contributed by atoms with Gasteiger partial charge in [0.2, 0.25) is 0 Å². The van der Waals surface area contributed by atoms with E-state index in [0.29, 0.717) is 0 Å². The van der Waals surface area contributed by atoms with Crippen molar-refractivity contribution in [3.8, 4) is 0 Å². The van der Waals surface area contributed by atoms with Gasteiger partial charge >= 0.3 is 12.5 Å². The molecule has 0 rings (SSSR count). The van der Waals surface area contributed by atoms with Crippen LogP contribution in [0.4, 0.5) is 17.6 Å². The maximum atomic E-state index is 11.5. The SMILES string of the molecule is [CH2]COC(F)(F)C(F)F. The van der Waals surface area contributed by atoms with Crippen LogP contribution in [0.5, 0.6) is 0 Å². The molecule has 9 heavy (non-hydrogen) atoms. The molecule has 0 aliphatic heterocycles. The molecule has 0 N–H and O–H groups in total. The zero-order chi connectivity index (χ0) is 7.49. The van der Waals surface area contributed by atoms with Crippen molar-refractivity contribution in [2.75, 3.05) is 6.61 Å². The van der Waals surface area contributed by atoms with E-state index in [-0.39, 0.29) is 0 Å². The molecule has 0 heterocycles. The summed E-state index contributed by atoms with van der Waals surface area (Å²) >= 11 is 0. The Morgan fingerprint density at radius 1 is 1.44 bits per heavy atom. The first-order valence-corrected chi connectivity index (χ1v) is 2.10. The Hall–Kier alpha value is -0.320. The molecule has 55 valence electrons. The van der Waals surface area contributed by atoms with Crippen molar-refractivity contribution < 1.29 is 22.3 Å². The smallest absolute Gasteiger partial charge is 0.316 e. The van der Waals surface area contributed by atoms with E-state index < -0.39 is 19.1 Å². The zero-order valence-corrected chi connectivity index (χ0v) is 4.41. The number of hydrogen-bond donors (Lipinski definition) is 0. The van der Waals surface area contributed by atoms with Gasteiger partial charge in [-0.15, -0.1) is 0 Å². The average Bonchev–Trinajstić information content (AvgIpc) is 1.65. The van der Waals surface area contributed by atoms with Crippen molar-refractivity contribution in [2.45, 2.75) is 12.5 Å². The van der Waals surface area contributed by atoms with Gasteiger partial charge in [-0.25, -0.2) is 8.78 Å². The first-order chi connectivity index (χ1) is 4.00. The Bertz CT molecular complexity index is 82.6. The Morgan fingerprint density at radius 3 is 2.00 bits per heavy atom. The van der Waals surface area contributed by atoms with E-state index in [1.807, 2.05) is 0 Å². The van der Waals surface area contributed by atoms with E-state index in [4.69, 9.17) is 0 Å². The molecule has 0 saturated heterocycles. The van der Waals surface area contributed by atoms with Gasteiger partial charge in [0.1, 0.15) is 0 Å². The van der Waals surface area contributed by atoms with Crippen molar-refractivity contribution in [1.82, 2.24) is 0 Å². The summed E-state index contributed by atoms with van der Waals surface area (Å²) in [4.78, 5) is 0. The Labute approximate surface area is 49.6 Å². The summed E-state index contributed by atoms with van der Waals surface area (Å²) in [6, 6.07) is 0. The van der Waals surface area contributed by atoms with Crippen LogP contribution < -0.4 is 0 Å². The van der Waals surface area contributed by atoms with Crippen molar-refractivity contribution in [3.05, 3.63) is 6.92 Å². The summed E-state index contributed by atoms with van der Waals surface area (Å²) in [5.74, 6) is 0. The highest BCUT2D eigenvalue weighted by molar-refractivity contribution is 4.54. The van der Waals surface area contributed by atoms with Crippen molar-refractivity contribution in [2.24, 2.45) is 0 Å². The molecule has 0 unspecified atom stereocenters. The van der Waals surface area contributed by atoms with Gasteiger partial charge in [0.15, 0.2) is 0 Å². The fourth-order valence-electron chi connectivity index (χ4n) is 0.199. The summed E-state index contributed by atoms with van der Waals surface area (Å²) in [5.41, 5.74) is 0. The van der Waals surface area contributed by atoms with Gasteiger partial charge in [-0.3, -0.25) is 0 Å². The van der Waals surface area contributed by atoms with E-state index in [2.05, 4.69) is 11.7 Å². The number of hydrogen-bond acceptors (Lipinski definition) is 1. The predicted molar refractivity (Wildman–Crippen MR) is 22.3 cm³/mol. The lowest BCUT2D eigenvalue weighted by Gasteiger charge is -2.13. The van der Waals surface area contributed by atoms with Crippen LogP contribution in [0, 0.1) is 6.92 Å². The second-order valence-electron chi connectivity index (χ2n) is 1.21. The van der Waals surface area contributed by atoms with E-state index in [1.54, 1.807) is 0 Å². The highest BCUT2D eigenvalue weighted by Gasteiger charge is 2.41. The van der Waals surface area contributed by atoms with E-state index in [1.165, 1.54) is 0 Å². The molecule has 0 spiro atoms. The van der Waals surface area contributed by atoms with E-state index >= 15 is 0 Å². The number of halogens is 4. The van der Waals surface area contributed by atoms with Gasteiger partial charge in [-0.2, -0.15) is 8.78 Å². The summed E-state index contributed by atoms with van der Waals surface area (Å²) in [5, 5.41) is 0. The minimum Gasteiger partial charge on any atom is -0.316 e. The van der Waals surface area contributed by atoms with Crippen LogP contribution >= 0.6 is 0 Å². The standard InChI is InChI=1S/C4H5F4O/c1-2-9-4(7,8)3(5)6/h3H,1-2H2. The Morgan fingerprint density at radius 2 is 1.89 bits per heavy atom. The monoisotopic (exact) mass is 145 g/mol. The molecule has 0 saturated carbocycles. The number of alkyl halides is 4. The maximum Gasteiger partial charge on any atom is 0.416 e. The summed E-state index contributed by atoms with van der Waals surface area (Å²) < 4.78 is 48.6. The highest BCUT2D eigenvalue weighted by atomic mass is 19.3. The largest absolute Gasteiger partial charge is 0.416 e. The summed E-state index contributed by atoms with van der Waals surface area (Å²) in [7, 11) is 0. The van der Waals surface area contributed by atoms with Gasteiger partial charge in [0.05, 0.1) is 6.61 Å². The van der Waals surface area contributed by atoms with Crippen LogP contribution in [-0.4, -0.2) is 19.1 Å². The molecule has 5 heteroatoms. The van der Waals surface area contributed by atoms with Gasteiger partial charge in [-0.05, 0) is 6.92 Å². The molecule has 1 radical (unpaired) electrons. The maximum absolute atomic E-state index is 11.5. The summed E-state index contributed by atoms with van der Waals surface area (Å²) in [6.45, 7) is 2.15. The molecule has 0 aromatic carbocycles. The molecule has 0 atom stereocenters. The fourth-order valence-corrected chi connectivity index (χ4v) is 0.199. The molecule has 0 aliphatic rings. The topological polar surface area (TPSA) is 9.23 Å². The lowest BCUT2D eigenvalue weighted by molar-refractivity contribution is -0.295. The molecule has 0 aliphatic carbocycles. The minimum atomic E-state index is -4.35. The predicted octanol–water partition coefficient (Wildman–Crippen LogP) is 1.69. The highest BCUT2D eigenvalue weighted by Crippen LogP contribution is 2.23. The molecular weight excluding hydrogens is 140 g/mol. The fraction of sp³-hybridized carbons (Fsp3) is 0.750. The normalized spacial score (nSPS) is 12.7. The Balaban J connectivity index is 3.70. The van der Waals surface area contributed by atoms with Crippen LogP contribution in [0.3, 0.4) is 0 Å². The molecular formula is C4H5F4O. The Kier molecular flexibility index (Phi) is 2.90. The quantitative estimate of drug-likeness (QED) is 0.549. The van der Waals surface area contributed by atoms with Crippen LogP contribution in [-0.2, 0) is 4.74 Å². The van der Waals surface area contributed by atoms with Crippen LogP contribution in [0.15, 0.2) is 0 Å². The molecule has 0 fully saturated rings. The van der Waals surface area contributed by atoms with Crippen LogP contribution in [0.25, 0.3) is 0 Å². The number of ether oxygens (including phenoxy) is 1. The zero-order valence-electron chi connectivity index (χ0n) is 4.41. The van der Waals surface area contributed by atoms with Crippen LogP contribution in [0.2, 0.25) is 0 Å². The van der Waals surface area contributed by atoms with Crippen LogP contribution in [0.1, 0.15) is 0 Å². The third-order valence-electron chi connectivity index (χ3n) is 0.549. The van der Waals surface area contributed by atoms with Crippen molar-refractivity contribution in [1.29, 1.82) is 0 Å². The molecule has 1 nitrogen and oxygen atoms in total. The van der Waals surface area contributed by atoms with E-state index in [0.717, 1.165) is 0 Å². The second-order valence-corrected chi connectivity index (χ2v) is 1.21. The third-order valence-corrected chi connectivity index (χ3v) is 0.549. The first kappa shape index (κ1) is 8.68. The minimum absolute atomic E-state index is 0.669. The van der Waals surface area contributed by atoms with E-state index in [9.17, 15) is 17.6 Å². The lowest BCUT2D eigenvalue weighted by Crippen LogP contribution is -2.29. The van der Waals surface area contributed by atoms with Gasteiger partial charge in [0.25, 0.3) is 0 Å². The molecule has 0 bridgehead atoms. The van der Waals surface area contributed by atoms with Crippen molar-refractivity contribution >= 4 is 0 Å². The first-order valence-electron chi connectivity index (χ1n) is 2.10. The molecule has 0 aromatic rings. The van der Waals surface area contributed by atoms with Gasteiger partial charge < -0.3 is 4.74 Å². The summed E-state index contributed by atoms with van der Waals surface area (Å²) in [6.07, 6.45) is -8.12. The number of rotatable bonds is 3. The second kappa shape index (κ2) is 3.00. The average molecular weight is 145 g/mol.